The van der Waals surface area contributed by atoms with Crippen molar-refractivity contribution < 1.29 is 9.57 Å². The molecule has 0 saturated heterocycles. The Hall–Kier alpha value is -2.40. The van der Waals surface area contributed by atoms with Crippen molar-refractivity contribution in [3.63, 3.8) is 0 Å². The Kier molecular flexibility index (Phi) is 3.88. The zero-order valence-corrected chi connectivity index (χ0v) is 9.91. The summed E-state index contributed by atoms with van der Waals surface area (Å²) in [6, 6.07) is 14.3. The minimum absolute atomic E-state index is 0.582. The van der Waals surface area contributed by atoms with Gasteiger partial charge in [0, 0.05) is 0 Å². The second kappa shape index (κ2) is 5.79. The molecule has 2 N–H and O–H groups in total. The summed E-state index contributed by atoms with van der Waals surface area (Å²) in [5.41, 5.74) is 1.49. The van der Waals surface area contributed by atoms with Gasteiger partial charge in [-0.15, -0.1) is 0 Å². The number of nitrogens with zero attached hydrogens (tertiary/aromatic N) is 2. The first-order chi connectivity index (χ1) is 8.81. The van der Waals surface area contributed by atoms with Crippen molar-refractivity contribution in [2.45, 2.75) is 0 Å². The van der Waals surface area contributed by atoms with E-state index in [1.54, 1.807) is 31.4 Å². The summed E-state index contributed by atoms with van der Waals surface area (Å²) in [5.74, 6) is 6.40. The zero-order valence-electron chi connectivity index (χ0n) is 9.91. The normalized spacial score (nSPS) is 10.6. The number of hydrogen-bond donors (Lipinski definition) is 1. The van der Waals surface area contributed by atoms with Crippen LogP contribution >= 0.6 is 0 Å². The Labute approximate surface area is 105 Å². The lowest BCUT2D eigenvalue weighted by Crippen LogP contribution is -2.00. The van der Waals surface area contributed by atoms with Gasteiger partial charge in [-0.05, 0) is 48.5 Å². The molecule has 2 rings (SSSR count). The first-order valence-electron chi connectivity index (χ1n) is 5.34. The maximum Gasteiger partial charge on any atom is 0.146 e. The summed E-state index contributed by atoms with van der Waals surface area (Å²) in [7, 11) is 1.62. The first-order valence-corrected chi connectivity index (χ1v) is 5.34. The largest absolute Gasteiger partial charge is 0.497 e. The Morgan fingerprint density at radius 3 is 1.61 bits per heavy atom. The molecular formula is C13H13N3O2. The third-order valence-corrected chi connectivity index (χ3v) is 2.33. The van der Waals surface area contributed by atoms with E-state index in [-0.39, 0.29) is 0 Å². The second-order valence-electron chi connectivity index (χ2n) is 3.51. The lowest BCUT2D eigenvalue weighted by atomic mass is 10.3. The van der Waals surface area contributed by atoms with E-state index in [1.165, 1.54) is 0 Å². The van der Waals surface area contributed by atoms with Crippen molar-refractivity contribution in [2.24, 2.45) is 16.1 Å². The number of rotatable bonds is 4. The Bertz CT molecular complexity index is 471. The fourth-order valence-electron chi connectivity index (χ4n) is 1.36. The summed E-state index contributed by atoms with van der Waals surface area (Å²) >= 11 is 0. The number of nitrogens with two attached hydrogens (primary N) is 1. The van der Waals surface area contributed by atoms with Gasteiger partial charge in [0.2, 0.25) is 0 Å². The van der Waals surface area contributed by atoms with E-state index in [4.69, 9.17) is 10.6 Å². The lowest BCUT2D eigenvalue weighted by Gasteiger charge is -1.99. The molecule has 0 unspecified atom stereocenters. The molecule has 5 heteroatoms. The van der Waals surface area contributed by atoms with Crippen molar-refractivity contribution >= 4 is 11.4 Å². The molecule has 0 aliphatic carbocycles. The van der Waals surface area contributed by atoms with E-state index < -0.39 is 0 Å². The van der Waals surface area contributed by atoms with Crippen molar-refractivity contribution in [3.05, 3.63) is 48.5 Å². The molecule has 0 aliphatic rings. The summed E-state index contributed by atoms with van der Waals surface area (Å²) in [6.07, 6.45) is 0. The summed E-state index contributed by atoms with van der Waals surface area (Å²) in [4.78, 5) is 4.57. The van der Waals surface area contributed by atoms with Crippen LogP contribution in [0.5, 0.6) is 11.5 Å². The van der Waals surface area contributed by atoms with Gasteiger partial charge >= 0.3 is 0 Å². The van der Waals surface area contributed by atoms with E-state index in [0.717, 1.165) is 17.1 Å². The molecule has 0 bridgehead atoms. The second-order valence-corrected chi connectivity index (χ2v) is 3.51. The van der Waals surface area contributed by atoms with E-state index in [2.05, 4.69) is 15.1 Å². The highest BCUT2D eigenvalue weighted by Gasteiger charge is 1.94. The predicted octanol–water partition coefficient (Wildman–Crippen LogP) is 3.36. The van der Waals surface area contributed by atoms with E-state index in [9.17, 15) is 0 Å². The monoisotopic (exact) mass is 243 g/mol. The molecule has 0 fully saturated rings. The summed E-state index contributed by atoms with van der Waals surface area (Å²) in [5, 5.41) is 8.20. The molecule has 0 aromatic heterocycles. The maximum absolute atomic E-state index is 5.06. The van der Waals surface area contributed by atoms with Crippen molar-refractivity contribution in [2.75, 3.05) is 7.11 Å². The lowest BCUT2D eigenvalue weighted by molar-refractivity contribution is 0.334. The van der Waals surface area contributed by atoms with Gasteiger partial charge in [0.15, 0.2) is 0 Å². The van der Waals surface area contributed by atoms with Gasteiger partial charge in [0.05, 0.1) is 18.5 Å². The van der Waals surface area contributed by atoms with Gasteiger partial charge in [0.25, 0.3) is 0 Å². The quantitative estimate of drug-likeness (QED) is 0.661. The smallest absolute Gasteiger partial charge is 0.146 e. The van der Waals surface area contributed by atoms with Crippen LogP contribution in [-0.2, 0) is 0 Å². The van der Waals surface area contributed by atoms with Crippen LogP contribution in [0, 0.1) is 0 Å². The standard InChI is InChI=1S/C13H13N3O2/c1-17-12-6-2-10(3-7-12)15-16-11-4-8-13(18-14)9-5-11/h2-9H,14H2,1H3. The highest BCUT2D eigenvalue weighted by atomic mass is 16.6. The molecule has 0 amide bonds. The van der Waals surface area contributed by atoms with Crippen LogP contribution in [-0.4, -0.2) is 7.11 Å². The van der Waals surface area contributed by atoms with Crippen molar-refractivity contribution in [1.82, 2.24) is 0 Å². The minimum atomic E-state index is 0.582. The summed E-state index contributed by atoms with van der Waals surface area (Å²) < 4.78 is 5.06. The average Bonchev–Trinajstić information content (AvgIpc) is 2.46. The molecule has 0 aliphatic heterocycles. The molecule has 2 aromatic rings. The SMILES string of the molecule is COc1ccc(N=Nc2ccc(ON)cc2)cc1. The van der Waals surface area contributed by atoms with Gasteiger partial charge in [0.1, 0.15) is 11.5 Å². The minimum Gasteiger partial charge on any atom is -0.497 e. The molecule has 2 aromatic carbocycles. The van der Waals surface area contributed by atoms with Crippen LogP contribution in [0.3, 0.4) is 0 Å². The molecule has 0 atom stereocenters. The zero-order chi connectivity index (χ0) is 12.8. The number of benzene rings is 2. The molecule has 0 spiro atoms. The van der Waals surface area contributed by atoms with Crippen molar-refractivity contribution in [1.29, 1.82) is 0 Å². The average molecular weight is 243 g/mol. The van der Waals surface area contributed by atoms with Gasteiger partial charge in [-0.1, -0.05) is 0 Å². The third kappa shape index (κ3) is 3.05. The molecule has 0 heterocycles. The van der Waals surface area contributed by atoms with E-state index in [0.29, 0.717) is 5.75 Å². The van der Waals surface area contributed by atoms with Crippen LogP contribution < -0.4 is 15.5 Å². The van der Waals surface area contributed by atoms with Gasteiger partial charge in [-0.25, -0.2) is 0 Å². The van der Waals surface area contributed by atoms with Crippen LogP contribution in [0.4, 0.5) is 11.4 Å². The molecular weight excluding hydrogens is 230 g/mol. The molecule has 0 radical (unpaired) electrons. The van der Waals surface area contributed by atoms with Crippen LogP contribution in [0.2, 0.25) is 0 Å². The van der Waals surface area contributed by atoms with Crippen LogP contribution in [0.25, 0.3) is 0 Å². The topological polar surface area (TPSA) is 69.2 Å². The maximum atomic E-state index is 5.06. The molecule has 5 nitrogen and oxygen atoms in total. The Morgan fingerprint density at radius 1 is 0.778 bits per heavy atom. The Balaban J connectivity index is 2.08. The fraction of sp³-hybridized carbons (Fsp3) is 0.0769. The number of hydrogen-bond acceptors (Lipinski definition) is 5. The molecule has 0 saturated carbocycles. The van der Waals surface area contributed by atoms with Crippen LogP contribution in [0.1, 0.15) is 0 Å². The summed E-state index contributed by atoms with van der Waals surface area (Å²) in [6.45, 7) is 0. The predicted molar refractivity (Wildman–Crippen MR) is 68.4 cm³/mol. The number of ether oxygens (including phenoxy) is 1. The van der Waals surface area contributed by atoms with E-state index in [1.807, 2.05) is 24.3 Å². The van der Waals surface area contributed by atoms with Crippen molar-refractivity contribution in [3.8, 4) is 11.5 Å². The number of methoxy groups -OCH3 is 1. The van der Waals surface area contributed by atoms with Gasteiger partial charge < -0.3 is 9.57 Å². The third-order valence-electron chi connectivity index (χ3n) is 2.33. The highest BCUT2D eigenvalue weighted by Crippen LogP contribution is 2.22. The first kappa shape index (κ1) is 12.1. The van der Waals surface area contributed by atoms with E-state index >= 15 is 0 Å². The fourth-order valence-corrected chi connectivity index (χ4v) is 1.36. The van der Waals surface area contributed by atoms with Gasteiger partial charge in [-0.3, -0.25) is 0 Å². The van der Waals surface area contributed by atoms with Gasteiger partial charge in [-0.2, -0.15) is 16.1 Å². The Morgan fingerprint density at radius 2 is 1.22 bits per heavy atom. The van der Waals surface area contributed by atoms with Crippen LogP contribution in [0.15, 0.2) is 58.8 Å². The molecule has 18 heavy (non-hydrogen) atoms. The molecule has 92 valence electrons. The highest BCUT2D eigenvalue weighted by molar-refractivity contribution is 5.44. The number of azo groups is 1.